The number of benzene rings is 2. The largest absolute Gasteiger partial charge is 0.465 e. The van der Waals surface area contributed by atoms with Crippen molar-refractivity contribution in [3.8, 4) is 0 Å². The molecule has 0 aliphatic heterocycles. The van der Waals surface area contributed by atoms with Gasteiger partial charge in [0.15, 0.2) is 0 Å². The molecule has 28 heavy (non-hydrogen) atoms. The van der Waals surface area contributed by atoms with Crippen LogP contribution in [-0.4, -0.2) is 40.1 Å². The molecule has 2 rings (SSSR count). The predicted molar refractivity (Wildman–Crippen MR) is 105 cm³/mol. The van der Waals surface area contributed by atoms with Crippen LogP contribution in [0.1, 0.15) is 29.8 Å². The highest BCUT2D eigenvalue weighted by Gasteiger charge is 2.28. The van der Waals surface area contributed by atoms with Crippen LogP contribution in [0.25, 0.3) is 0 Å². The lowest BCUT2D eigenvalue weighted by Crippen LogP contribution is -2.36. The van der Waals surface area contributed by atoms with Crippen molar-refractivity contribution in [1.29, 1.82) is 0 Å². The van der Waals surface area contributed by atoms with Gasteiger partial charge in [0.1, 0.15) is 6.54 Å². The summed E-state index contributed by atoms with van der Waals surface area (Å²) in [6, 6.07) is 12.1. The maximum Gasteiger partial charge on any atom is 0.338 e. The highest BCUT2D eigenvalue weighted by Crippen LogP contribution is 2.24. The number of hydrogen-bond acceptors (Lipinski definition) is 6. The van der Waals surface area contributed by atoms with Gasteiger partial charge in [0, 0.05) is 0 Å². The number of ether oxygens (including phenoxy) is 2. The summed E-state index contributed by atoms with van der Waals surface area (Å²) in [5.41, 5.74) is 1.44. The molecular formula is C20H23NO6S. The highest BCUT2D eigenvalue weighted by molar-refractivity contribution is 7.92. The SMILES string of the molecule is CCOC(=O)CN(c1ccc(C(=O)OCC)cc1)S(=O)(=O)c1ccc(C)cc1. The molecule has 0 aromatic heterocycles. The molecule has 0 heterocycles. The average Bonchev–Trinajstić information content (AvgIpc) is 2.67. The summed E-state index contributed by atoms with van der Waals surface area (Å²) in [6.45, 7) is 5.08. The summed E-state index contributed by atoms with van der Waals surface area (Å²) in [7, 11) is -4.01. The van der Waals surface area contributed by atoms with Crippen molar-refractivity contribution in [3.05, 3.63) is 59.7 Å². The highest BCUT2D eigenvalue weighted by atomic mass is 32.2. The Labute approximate surface area is 164 Å². The zero-order valence-corrected chi connectivity index (χ0v) is 16.9. The molecule has 0 unspecified atom stereocenters. The first-order chi connectivity index (χ1) is 13.3. The first kappa shape index (κ1) is 21.4. The van der Waals surface area contributed by atoms with Crippen LogP contribution in [0, 0.1) is 6.92 Å². The van der Waals surface area contributed by atoms with Crippen molar-refractivity contribution < 1.29 is 27.5 Å². The van der Waals surface area contributed by atoms with Crippen molar-refractivity contribution in [2.45, 2.75) is 25.7 Å². The van der Waals surface area contributed by atoms with Crippen LogP contribution in [0.2, 0.25) is 0 Å². The Kier molecular flexibility index (Phi) is 7.17. The average molecular weight is 405 g/mol. The van der Waals surface area contributed by atoms with E-state index in [4.69, 9.17) is 9.47 Å². The van der Waals surface area contributed by atoms with Crippen molar-refractivity contribution in [3.63, 3.8) is 0 Å². The fourth-order valence-corrected chi connectivity index (χ4v) is 3.86. The van der Waals surface area contributed by atoms with Crippen LogP contribution in [0.15, 0.2) is 53.4 Å². The molecule has 8 heteroatoms. The Bertz CT molecular complexity index is 920. The van der Waals surface area contributed by atoms with Crippen molar-refractivity contribution in [2.75, 3.05) is 24.1 Å². The lowest BCUT2D eigenvalue weighted by atomic mass is 10.2. The molecule has 0 N–H and O–H groups in total. The van der Waals surface area contributed by atoms with Gasteiger partial charge >= 0.3 is 11.9 Å². The van der Waals surface area contributed by atoms with E-state index in [1.807, 2.05) is 6.92 Å². The molecule has 0 aliphatic carbocycles. The molecule has 0 saturated heterocycles. The smallest absolute Gasteiger partial charge is 0.338 e. The van der Waals surface area contributed by atoms with Gasteiger partial charge in [0.05, 0.1) is 29.4 Å². The van der Waals surface area contributed by atoms with Gasteiger partial charge in [-0.25, -0.2) is 13.2 Å². The van der Waals surface area contributed by atoms with E-state index in [1.54, 1.807) is 26.0 Å². The number of rotatable bonds is 8. The lowest BCUT2D eigenvalue weighted by Gasteiger charge is -2.24. The summed E-state index contributed by atoms with van der Waals surface area (Å²) < 4.78 is 37.1. The van der Waals surface area contributed by atoms with Crippen LogP contribution in [0.5, 0.6) is 0 Å². The molecule has 0 bridgehead atoms. The lowest BCUT2D eigenvalue weighted by molar-refractivity contribution is -0.141. The van der Waals surface area contributed by atoms with Crippen molar-refractivity contribution in [1.82, 2.24) is 0 Å². The molecule has 0 fully saturated rings. The zero-order chi connectivity index (χ0) is 20.7. The van der Waals surface area contributed by atoms with Gasteiger partial charge in [0.2, 0.25) is 0 Å². The van der Waals surface area contributed by atoms with Gasteiger partial charge < -0.3 is 9.47 Å². The third-order valence-corrected chi connectivity index (χ3v) is 5.64. The maximum atomic E-state index is 13.1. The molecule has 0 spiro atoms. The number of esters is 2. The van der Waals surface area contributed by atoms with E-state index in [9.17, 15) is 18.0 Å². The van der Waals surface area contributed by atoms with Gasteiger partial charge in [-0.2, -0.15) is 0 Å². The minimum atomic E-state index is -4.01. The first-order valence-electron chi connectivity index (χ1n) is 8.81. The second-order valence-electron chi connectivity index (χ2n) is 5.90. The van der Waals surface area contributed by atoms with Crippen LogP contribution in [0.3, 0.4) is 0 Å². The molecule has 0 amide bonds. The normalized spacial score (nSPS) is 11.0. The first-order valence-corrected chi connectivity index (χ1v) is 10.3. The zero-order valence-electron chi connectivity index (χ0n) is 16.0. The Hall–Kier alpha value is -2.87. The molecule has 7 nitrogen and oxygen atoms in total. The molecule has 0 atom stereocenters. The summed E-state index contributed by atoms with van der Waals surface area (Å²) in [5, 5.41) is 0. The predicted octanol–water partition coefficient (Wildman–Crippen LogP) is 2.93. The van der Waals surface area contributed by atoms with Crippen LogP contribution in [-0.2, 0) is 24.3 Å². The number of aryl methyl sites for hydroxylation is 1. The minimum Gasteiger partial charge on any atom is -0.465 e. The fraction of sp³-hybridized carbons (Fsp3) is 0.300. The van der Waals surface area contributed by atoms with Crippen LogP contribution in [0.4, 0.5) is 5.69 Å². The molecule has 2 aromatic rings. The van der Waals surface area contributed by atoms with Gasteiger partial charge in [-0.05, 0) is 57.2 Å². The standard InChI is InChI=1S/C20H23NO6S/c1-4-26-19(22)14-21(28(24,25)18-12-6-15(3)7-13-18)17-10-8-16(9-11-17)20(23)27-5-2/h6-13H,4-5,14H2,1-3H3. The van der Waals surface area contributed by atoms with Crippen LogP contribution >= 0.6 is 0 Å². The molecular weight excluding hydrogens is 382 g/mol. The fourth-order valence-electron chi connectivity index (χ4n) is 2.45. The van der Waals surface area contributed by atoms with Gasteiger partial charge in [0.25, 0.3) is 10.0 Å². The Morgan fingerprint density at radius 2 is 1.46 bits per heavy atom. The van der Waals surface area contributed by atoms with Gasteiger partial charge in [-0.1, -0.05) is 17.7 Å². The maximum absolute atomic E-state index is 13.1. The second kappa shape index (κ2) is 9.36. The summed E-state index contributed by atoms with van der Waals surface area (Å²) in [4.78, 5) is 23.9. The third kappa shape index (κ3) is 5.10. The van der Waals surface area contributed by atoms with Crippen LogP contribution < -0.4 is 4.31 Å². The number of sulfonamides is 1. The number of anilines is 1. The Morgan fingerprint density at radius 1 is 0.893 bits per heavy atom. The van der Waals surface area contributed by atoms with E-state index in [0.717, 1.165) is 9.87 Å². The Balaban J connectivity index is 2.43. The van der Waals surface area contributed by atoms with E-state index in [-0.39, 0.29) is 29.4 Å². The summed E-state index contributed by atoms with van der Waals surface area (Å²) in [6.07, 6.45) is 0. The molecule has 0 aliphatic rings. The number of carbonyl (C=O) groups is 2. The molecule has 0 radical (unpaired) electrons. The molecule has 2 aromatic carbocycles. The van der Waals surface area contributed by atoms with E-state index >= 15 is 0 Å². The summed E-state index contributed by atoms with van der Waals surface area (Å²) in [5.74, 6) is -1.18. The van der Waals surface area contributed by atoms with Crippen molar-refractivity contribution in [2.24, 2.45) is 0 Å². The molecule has 0 saturated carbocycles. The Morgan fingerprint density at radius 3 is 2.00 bits per heavy atom. The van der Waals surface area contributed by atoms with Crippen molar-refractivity contribution >= 4 is 27.6 Å². The van der Waals surface area contributed by atoms with E-state index in [2.05, 4.69) is 0 Å². The minimum absolute atomic E-state index is 0.0527. The topological polar surface area (TPSA) is 90.0 Å². The number of carbonyl (C=O) groups excluding carboxylic acids is 2. The second-order valence-corrected chi connectivity index (χ2v) is 7.76. The van der Waals surface area contributed by atoms with E-state index in [1.165, 1.54) is 36.4 Å². The van der Waals surface area contributed by atoms with Gasteiger partial charge in [-0.15, -0.1) is 0 Å². The number of nitrogens with zero attached hydrogens (tertiary/aromatic N) is 1. The number of hydrogen-bond donors (Lipinski definition) is 0. The quantitative estimate of drug-likeness (QED) is 0.627. The third-order valence-electron chi connectivity index (χ3n) is 3.85. The van der Waals surface area contributed by atoms with Gasteiger partial charge in [-0.3, -0.25) is 9.10 Å². The van der Waals surface area contributed by atoms with E-state index in [0.29, 0.717) is 0 Å². The monoisotopic (exact) mass is 405 g/mol. The summed E-state index contributed by atoms with van der Waals surface area (Å²) >= 11 is 0. The molecule has 150 valence electrons. The van der Waals surface area contributed by atoms with E-state index < -0.39 is 28.5 Å².